The number of para-hydroxylation sites is 1. The van der Waals surface area contributed by atoms with Gasteiger partial charge in [-0.1, -0.05) is 32.9 Å². The van der Waals surface area contributed by atoms with Crippen LogP contribution in [0.25, 0.3) is 0 Å². The van der Waals surface area contributed by atoms with Crippen LogP contribution in [0, 0.1) is 5.41 Å². The van der Waals surface area contributed by atoms with E-state index < -0.39 is 10.0 Å². The molecule has 0 bridgehead atoms. The highest BCUT2D eigenvalue weighted by Crippen LogP contribution is 2.26. The zero-order chi connectivity index (χ0) is 14.1. The van der Waals surface area contributed by atoms with E-state index in [0.29, 0.717) is 10.6 Å². The van der Waals surface area contributed by atoms with Gasteiger partial charge < -0.3 is 5.32 Å². The van der Waals surface area contributed by atoms with Gasteiger partial charge in [0.15, 0.2) is 0 Å². The molecular weight excluding hydrogens is 260 g/mol. The summed E-state index contributed by atoms with van der Waals surface area (Å²) in [4.78, 5) is 0.339. The van der Waals surface area contributed by atoms with Crippen LogP contribution in [0.4, 0.5) is 5.69 Å². The molecule has 0 saturated heterocycles. The van der Waals surface area contributed by atoms with E-state index in [1.165, 1.54) is 0 Å². The second kappa shape index (κ2) is 5.13. The molecule has 0 aliphatic heterocycles. The summed E-state index contributed by atoms with van der Waals surface area (Å²) in [6.45, 7) is 7.06. The van der Waals surface area contributed by atoms with Crippen molar-refractivity contribution in [2.24, 2.45) is 5.41 Å². The quantitative estimate of drug-likeness (QED) is 0.872. The third-order valence-electron chi connectivity index (χ3n) is 2.88. The summed E-state index contributed by atoms with van der Waals surface area (Å²) in [5.41, 5.74) is 0.770. The average molecular weight is 282 g/mol. The van der Waals surface area contributed by atoms with Crippen LogP contribution < -0.4 is 10.0 Å². The Labute approximate surface area is 115 Å². The van der Waals surface area contributed by atoms with Crippen molar-refractivity contribution in [3.63, 3.8) is 0 Å². The second-order valence-electron chi connectivity index (χ2n) is 6.31. The Hall–Kier alpha value is -1.07. The van der Waals surface area contributed by atoms with E-state index in [1.807, 2.05) is 12.1 Å². The molecule has 106 valence electrons. The molecule has 0 atom stereocenters. The van der Waals surface area contributed by atoms with E-state index >= 15 is 0 Å². The van der Waals surface area contributed by atoms with E-state index in [-0.39, 0.29) is 11.5 Å². The van der Waals surface area contributed by atoms with E-state index in [9.17, 15) is 8.42 Å². The van der Waals surface area contributed by atoms with E-state index in [1.54, 1.807) is 12.1 Å². The lowest BCUT2D eigenvalue weighted by Crippen LogP contribution is -2.27. The zero-order valence-corrected chi connectivity index (χ0v) is 12.5. The third kappa shape index (κ3) is 4.21. The molecule has 5 heteroatoms. The summed E-state index contributed by atoms with van der Waals surface area (Å²) in [6, 6.07) is 7.19. The molecule has 4 nitrogen and oxygen atoms in total. The van der Waals surface area contributed by atoms with Gasteiger partial charge in [0.25, 0.3) is 0 Å². The summed E-state index contributed by atoms with van der Waals surface area (Å²) in [5.74, 6) is 0. The second-order valence-corrected chi connectivity index (χ2v) is 7.99. The molecule has 1 aromatic rings. The maximum Gasteiger partial charge on any atom is 0.242 e. The molecule has 1 aliphatic rings. The van der Waals surface area contributed by atoms with Gasteiger partial charge in [0.2, 0.25) is 10.0 Å². The van der Waals surface area contributed by atoms with Gasteiger partial charge >= 0.3 is 0 Å². The van der Waals surface area contributed by atoms with Crippen LogP contribution in [0.5, 0.6) is 0 Å². The van der Waals surface area contributed by atoms with Crippen LogP contribution in [0.3, 0.4) is 0 Å². The Morgan fingerprint density at radius 3 is 2.42 bits per heavy atom. The molecule has 1 fully saturated rings. The molecule has 19 heavy (non-hydrogen) atoms. The standard InChI is InChI=1S/C14H22N2O2S/c1-14(2,3)10-15-12-6-4-5-7-13(12)19(17,18)16-11-8-9-11/h4-7,11,15-16H,8-10H2,1-3H3. The molecule has 0 heterocycles. The first-order chi connectivity index (χ1) is 8.78. The minimum atomic E-state index is -3.41. The molecule has 2 N–H and O–H groups in total. The minimum Gasteiger partial charge on any atom is -0.383 e. The van der Waals surface area contributed by atoms with Crippen LogP contribution >= 0.6 is 0 Å². The first kappa shape index (κ1) is 14.3. The largest absolute Gasteiger partial charge is 0.383 e. The van der Waals surface area contributed by atoms with Crippen molar-refractivity contribution in [2.45, 2.75) is 44.6 Å². The fourth-order valence-electron chi connectivity index (χ4n) is 1.69. The smallest absolute Gasteiger partial charge is 0.242 e. The number of hydrogen-bond acceptors (Lipinski definition) is 3. The van der Waals surface area contributed by atoms with Crippen LogP contribution in [0.1, 0.15) is 33.6 Å². The number of rotatable bonds is 5. The molecule has 1 aromatic carbocycles. The molecule has 0 amide bonds. The summed E-state index contributed by atoms with van der Waals surface area (Å²) in [5, 5.41) is 3.23. The first-order valence-electron chi connectivity index (χ1n) is 6.63. The molecule has 2 rings (SSSR count). The zero-order valence-electron chi connectivity index (χ0n) is 11.7. The van der Waals surface area contributed by atoms with Crippen molar-refractivity contribution >= 4 is 15.7 Å². The van der Waals surface area contributed by atoms with E-state index in [0.717, 1.165) is 19.4 Å². The lowest BCUT2D eigenvalue weighted by molar-refractivity contribution is 0.442. The number of nitrogens with one attached hydrogen (secondary N) is 2. The fourth-order valence-corrected chi connectivity index (χ4v) is 3.18. The Morgan fingerprint density at radius 2 is 1.84 bits per heavy atom. The van der Waals surface area contributed by atoms with Crippen molar-refractivity contribution in [3.8, 4) is 0 Å². The highest BCUT2D eigenvalue weighted by atomic mass is 32.2. The van der Waals surface area contributed by atoms with Crippen LogP contribution in [-0.2, 0) is 10.0 Å². The van der Waals surface area contributed by atoms with Gasteiger partial charge in [0.1, 0.15) is 4.90 Å². The molecular formula is C14H22N2O2S. The van der Waals surface area contributed by atoms with Crippen molar-refractivity contribution in [1.82, 2.24) is 4.72 Å². The molecule has 0 radical (unpaired) electrons. The van der Waals surface area contributed by atoms with E-state index in [4.69, 9.17) is 0 Å². The van der Waals surface area contributed by atoms with Gasteiger partial charge in [-0.3, -0.25) is 0 Å². The molecule has 0 unspecified atom stereocenters. The Kier molecular flexibility index (Phi) is 3.87. The Bertz CT molecular complexity index is 543. The van der Waals surface area contributed by atoms with Gasteiger partial charge in [-0.15, -0.1) is 0 Å². The predicted molar refractivity (Wildman–Crippen MR) is 77.7 cm³/mol. The highest BCUT2D eigenvalue weighted by Gasteiger charge is 2.29. The Balaban J connectivity index is 2.20. The van der Waals surface area contributed by atoms with Crippen molar-refractivity contribution in [2.75, 3.05) is 11.9 Å². The number of hydrogen-bond donors (Lipinski definition) is 2. The summed E-state index contributed by atoms with van der Waals surface area (Å²) >= 11 is 0. The van der Waals surface area contributed by atoms with Gasteiger partial charge in [-0.05, 0) is 30.4 Å². The van der Waals surface area contributed by atoms with Crippen molar-refractivity contribution in [3.05, 3.63) is 24.3 Å². The maximum atomic E-state index is 12.3. The average Bonchev–Trinajstić information content (AvgIpc) is 3.09. The van der Waals surface area contributed by atoms with Crippen molar-refractivity contribution in [1.29, 1.82) is 0 Å². The summed E-state index contributed by atoms with van der Waals surface area (Å²) < 4.78 is 27.3. The van der Waals surface area contributed by atoms with Gasteiger partial charge in [-0.25, -0.2) is 13.1 Å². The van der Waals surface area contributed by atoms with Gasteiger partial charge in [-0.2, -0.15) is 0 Å². The normalized spacial score (nSPS) is 16.4. The van der Waals surface area contributed by atoms with Gasteiger partial charge in [0, 0.05) is 12.6 Å². The monoisotopic (exact) mass is 282 g/mol. The molecule has 1 saturated carbocycles. The van der Waals surface area contributed by atoms with Crippen LogP contribution in [-0.4, -0.2) is 21.0 Å². The number of anilines is 1. The van der Waals surface area contributed by atoms with E-state index in [2.05, 4.69) is 30.8 Å². The summed E-state index contributed by atoms with van der Waals surface area (Å²) in [6.07, 6.45) is 1.88. The number of benzene rings is 1. The molecule has 1 aliphatic carbocycles. The minimum absolute atomic E-state index is 0.0980. The Morgan fingerprint density at radius 1 is 1.21 bits per heavy atom. The lowest BCUT2D eigenvalue weighted by atomic mass is 9.97. The topological polar surface area (TPSA) is 58.2 Å². The SMILES string of the molecule is CC(C)(C)CNc1ccccc1S(=O)(=O)NC1CC1. The van der Waals surface area contributed by atoms with Crippen LogP contribution in [0.2, 0.25) is 0 Å². The summed E-state index contributed by atoms with van der Waals surface area (Å²) in [7, 11) is -3.41. The molecule has 0 aromatic heterocycles. The first-order valence-corrected chi connectivity index (χ1v) is 8.11. The number of sulfonamides is 1. The predicted octanol–water partition coefficient (Wildman–Crippen LogP) is 2.59. The highest BCUT2D eigenvalue weighted by molar-refractivity contribution is 7.89. The lowest BCUT2D eigenvalue weighted by Gasteiger charge is -2.21. The van der Waals surface area contributed by atoms with Gasteiger partial charge in [0.05, 0.1) is 5.69 Å². The molecule has 0 spiro atoms. The van der Waals surface area contributed by atoms with Crippen LogP contribution in [0.15, 0.2) is 29.2 Å². The third-order valence-corrected chi connectivity index (χ3v) is 4.46. The van der Waals surface area contributed by atoms with Crippen molar-refractivity contribution < 1.29 is 8.42 Å². The maximum absolute atomic E-state index is 12.3. The fraction of sp³-hybridized carbons (Fsp3) is 0.571.